The quantitative estimate of drug-likeness (QED) is 0.727. The van der Waals surface area contributed by atoms with Gasteiger partial charge in [-0.25, -0.2) is 0 Å². The van der Waals surface area contributed by atoms with Crippen LogP contribution in [0.4, 0.5) is 5.69 Å². The zero-order valence-corrected chi connectivity index (χ0v) is 11.9. The van der Waals surface area contributed by atoms with E-state index in [2.05, 4.69) is 15.2 Å². The maximum Gasteiger partial charge on any atom is 0.253 e. The summed E-state index contributed by atoms with van der Waals surface area (Å²) < 4.78 is 5.30. The minimum absolute atomic E-state index is 0.0562. The molecule has 6 nitrogen and oxygen atoms in total. The molecule has 0 atom stereocenters. The monoisotopic (exact) mass is 288 g/mol. The third-order valence-electron chi connectivity index (χ3n) is 3.77. The number of nitrogens with one attached hydrogen (secondary N) is 2. The third-order valence-corrected chi connectivity index (χ3v) is 3.77. The molecular weight excluding hydrogens is 268 g/mol. The highest BCUT2D eigenvalue weighted by atomic mass is 16.5. The number of hydrogen-bond donors (Lipinski definition) is 3. The fourth-order valence-electron chi connectivity index (χ4n) is 2.58. The van der Waals surface area contributed by atoms with E-state index in [0.717, 1.165) is 43.8 Å². The number of nitrogen functional groups attached to an aromatic ring is 1. The number of carbonyl (C=O) groups is 1. The summed E-state index contributed by atoms with van der Waals surface area (Å²) in [5.74, 6) is -0.0562. The number of fused-ring (bicyclic) bond motifs is 1. The number of anilines is 1. The Morgan fingerprint density at radius 3 is 3.00 bits per heavy atom. The van der Waals surface area contributed by atoms with Crippen LogP contribution >= 0.6 is 0 Å². The first-order valence-electron chi connectivity index (χ1n) is 7.19. The summed E-state index contributed by atoms with van der Waals surface area (Å²) in [7, 11) is 0. The molecule has 6 heteroatoms. The number of morpholine rings is 1. The summed E-state index contributed by atoms with van der Waals surface area (Å²) in [6, 6.07) is 5.51. The van der Waals surface area contributed by atoms with E-state index in [1.165, 1.54) is 0 Å². The average Bonchev–Trinajstić information content (AvgIpc) is 2.91. The Morgan fingerprint density at radius 2 is 2.19 bits per heavy atom. The molecule has 1 aromatic carbocycles. The van der Waals surface area contributed by atoms with Crippen LogP contribution in [0.1, 0.15) is 10.4 Å². The Bertz CT molecular complexity index is 632. The van der Waals surface area contributed by atoms with Crippen LogP contribution in [0.15, 0.2) is 24.4 Å². The van der Waals surface area contributed by atoms with Crippen LogP contribution in [-0.4, -0.2) is 55.2 Å². The minimum Gasteiger partial charge on any atom is -0.399 e. The minimum atomic E-state index is -0.0562. The highest BCUT2D eigenvalue weighted by Gasteiger charge is 2.13. The third kappa shape index (κ3) is 3.17. The molecule has 0 bridgehead atoms. The summed E-state index contributed by atoms with van der Waals surface area (Å²) in [6.07, 6.45) is 1.73. The van der Waals surface area contributed by atoms with Gasteiger partial charge in [0.1, 0.15) is 0 Å². The van der Waals surface area contributed by atoms with Gasteiger partial charge in [-0.15, -0.1) is 0 Å². The van der Waals surface area contributed by atoms with E-state index in [-0.39, 0.29) is 5.91 Å². The molecule has 112 valence electrons. The van der Waals surface area contributed by atoms with Crippen LogP contribution in [0, 0.1) is 0 Å². The molecule has 1 aromatic heterocycles. The predicted molar refractivity (Wildman–Crippen MR) is 82.3 cm³/mol. The van der Waals surface area contributed by atoms with Crippen molar-refractivity contribution in [1.29, 1.82) is 0 Å². The largest absolute Gasteiger partial charge is 0.399 e. The van der Waals surface area contributed by atoms with E-state index >= 15 is 0 Å². The zero-order chi connectivity index (χ0) is 14.7. The molecule has 1 fully saturated rings. The Hall–Kier alpha value is -2.05. The van der Waals surface area contributed by atoms with Crippen molar-refractivity contribution in [2.24, 2.45) is 0 Å². The van der Waals surface area contributed by atoms with Crippen LogP contribution in [0.2, 0.25) is 0 Å². The van der Waals surface area contributed by atoms with E-state index in [1.807, 2.05) is 12.1 Å². The molecule has 0 unspecified atom stereocenters. The van der Waals surface area contributed by atoms with E-state index in [9.17, 15) is 4.79 Å². The van der Waals surface area contributed by atoms with Gasteiger partial charge < -0.3 is 20.8 Å². The molecule has 1 aliphatic rings. The molecule has 1 aliphatic heterocycles. The van der Waals surface area contributed by atoms with Crippen molar-refractivity contribution in [2.75, 3.05) is 45.1 Å². The first-order valence-corrected chi connectivity index (χ1v) is 7.19. The lowest BCUT2D eigenvalue weighted by Gasteiger charge is -2.26. The number of aromatic nitrogens is 1. The van der Waals surface area contributed by atoms with Gasteiger partial charge in [0.2, 0.25) is 0 Å². The lowest BCUT2D eigenvalue weighted by Crippen LogP contribution is -2.41. The zero-order valence-electron chi connectivity index (χ0n) is 11.9. The van der Waals surface area contributed by atoms with Crippen LogP contribution in [0.5, 0.6) is 0 Å². The molecule has 0 aliphatic carbocycles. The highest BCUT2D eigenvalue weighted by Crippen LogP contribution is 2.20. The molecule has 4 N–H and O–H groups in total. The van der Waals surface area contributed by atoms with Crippen LogP contribution < -0.4 is 11.1 Å². The molecule has 0 spiro atoms. The number of hydrogen-bond acceptors (Lipinski definition) is 4. The smallest absolute Gasteiger partial charge is 0.253 e. The van der Waals surface area contributed by atoms with Crippen LogP contribution in [0.3, 0.4) is 0 Å². The van der Waals surface area contributed by atoms with Crippen molar-refractivity contribution in [1.82, 2.24) is 15.2 Å². The van der Waals surface area contributed by atoms with Gasteiger partial charge in [-0.1, -0.05) is 0 Å². The summed E-state index contributed by atoms with van der Waals surface area (Å²) in [6.45, 7) is 4.91. The number of aromatic amines is 1. The van der Waals surface area contributed by atoms with E-state index < -0.39 is 0 Å². The lowest BCUT2D eigenvalue weighted by molar-refractivity contribution is 0.0383. The van der Waals surface area contributed by atoms with E-state index in [4.69, 9.17) is 10.5 Å². The first-order chi connectivity index (χ1) is 10.2. The van der Waals surface area contributed by atoms with Crippen molar-refractivity contribution in [3.8, 4) is 0 Å². The molecule has 3 rings (SSSR count). The summed E-state index contributed by atoms with van der Waals surface area (Å²) >= 11 is 0. The number of carbonyl (C=O) groups excluding carboxylic acids is 1. The number of rotatable bonds is 4. The van der Waals surface area contributed by atoms with Gasteiger partial charge >= 0.3 is 0 Å². The number of nitrogens with zero attached hydrogens (tertiary/aromatic N) is 1. The molecular formula is C15H20N4O2. The average molecular weight is 288 g/mol. The van der Waals surface area contributed by atoms with Crippen LogP contribution in [0.25, 0.3) is 10.9 Å². The second-order valence-corrected chi connectivity index (χ2v) is 5.22. The summed E-state index contributed by atoms with van der Waals surface area (Å²) in [5, 5.41) is 3.86. The van der Waals surface area contributed by atoms with E-state index in [0.29, 0.717) is 17.8 Å². The number of H-pyrrole nitrogens is 1. The van der Waals surface area contributed by atoms with E-state index in [1.54, 1.807) is 12.3 Å². The van der Waals surface area contributed by atoms with Crippen molar-refractivity contribution >= 4 is 22.5 Å². The molecule has 2 heterocycles. The first kappa shape index (κ1) is 13.9. The number of nitrogens with two attached hydrogens (primary N) is 1. The number of benzene rings is 1. The maximum absolute atomic E-state index is 12.2. The Morgan fingerprint density at radius 1 is 1.38 bits per heavy atom. The fourth-order valence-corrected chi connectivity index (χ4v) is 2.58. The molecule has 1 saturated heterocycles. The SMILES string of the molecule is Nc1ccc2c(C(=O)NCCN3CCOCC3)c[nH]c2c1. The Balaban J connectivity index is 1.59. The standard InChI is InChI=1S/C15H20N4O2/c16-11-1-2-12-13(10-18-14(12)9-11)15(20)17-3-4-19-5-7-21-8-6-19/h1-2,9-10,18H,3-8,16H2,(H,17,20). The molecule has 2 aromatic rings. The Labute approximate surface area is 123 Å². The molecule has 1 amide bonds. The highest BCUT2D eigenvalue weighted by molar-refractivity contribution is 6.07. The van der Waals surface area contributed by atoms with Crippen molar-refractivity contribution < 1.29 is 9.53 Å². The summed E-state index contributed by atoms with van der Waals surface area (Å²) in [4.78, 5) is 17.6. The van der Waals surface area contributed by atoms with Crippen molar-refractivity contribution in [3.05, 3.63) is 30.0 Å². The van der Waals surface area contributed by atoms with Gasteiger partial charge in [-0.3, -0.25) is 9.69 Å². The second kappa shape index (κ2) is 6.15. The van der Waals surface area contributed by atoms with Crippen LogP contribution in [-0.2, 0) is 4.74 Å². The van der Waals surface area contributed by atoms with Gasteiger partial charge in [-0.2, -0.15) is 0 Å². The predicted octanol–water partition coefficient (Wildman–Crippen LogP) is 0.812. The molecule has 0 radical (unpaired) electrons. The van der Waals surface area contributed by atoms with Crippen molar-refractivity contribution in [2.45, 2.75) is 0 Å². The summed E-state index contributed by atoms with van der Waals surface area (Å²) in [5.41, 5.74) is 7.96. The lowest BCUT2D eigenvalue weighted by atomic mass is 10.1. The van der Waals surface area contributed by atoms with Gasteiger partial charge in [0, 0.05) is 49.0 Å². The van der Waals surface area contributed by atoms with Gasteiger partial charge in [-0.05, 0) is 18.2 Å². The van der Waals surface area contributed by atoms with Gasteiger partial charge in [0.15, 0.2) is 0 Å². The van der Waals surface area contributed by atoms with Crippen molar-refractivity contribution in [3.63, 3.8) is 0 Å². The normalized spacial score (nSPS) is 16.2. The topological polar surface area (TPSA) is 83.4 Å². The molecule has 0 saturated carbocycles. The van der Waals surface area contributed by atoms with Gasteiger partial charge in [0.25, 0.3) is 5.91 Å². The Kier molecular flexibility index (Phi) is 4.08. The van der Waals surface area contributed by atoms with Gasteiger partial charge in [0.05, 0.1) is 18.8 Å². The second-order valence-electron chi connectivity index (χ2n) is 5.22. The molecule has 21 heavy (non-hydrogen) atoms. The number of amides is 1. The maximum atomic E-state index is 12.2. The number of ether oxygens (including phenoxy) is 1. The fraction of sp³-hybridized carbons (Fsp3) is 0.400.